The highest BCUT2D eigenvalue weighted by molar-refractivity contribution is 5.76. The Bertz CT molecular complexity index is 224. The first-order valence-corrected chi connectivity index (χ1v) is 5.67. The maximum Gasteiger partial charge on any atom is 0.303 e. The van der Waals surface area contributed by atoms with Gasteiger partial charge in [0, 0.05) is 19.4 Å². The number of carboxylic acid groups (broad SMARTS) is 1. The summed E-state index contributed by atoms with van der Waals surface area (Å²) < 4.78 is 0. The molecule has 1 fully saturated rings. The summed E-state index contributed by atoms with van der Waals surface area (Å²) in [6, 6.07) is 0. The summed E-state index contributed by atoms with van der Waals surface area (Å²) in [4.78, 5) is 21.4. The van der Waals surface area contributed by atoms with Gasteiger partial charge in [-0.25, -0.2) is 0 Å². The summed E-state index contributed by atoms with van der Waals surface area (Å²) in [5.74, 6) is 0.0421. The zero-order chi connectivity index (χ0) is 11.1. The average molecular weight is 213 g/mol. The van der Waals surface area contributed by atoms with Crippen molar-refractivity contribution in [3.8, 4) is 0 Å². The molecule has 1 aliphatic rings. The van der Waals surface area contributed by atoms with Crippen LogP contribution in [-0.4, -0.2) is 23.5 Å². The van der Waals surface area contributed by atoms with Gasteiger partial charge in [-0.2, -0.15) is 0 Å². The predicted octanol–water partition coefficient (Wildman–Crippen LogP) is 1.55. The highest BCUT2D eigenvalue weighted by atomic mass is 16.4. The Labute approximate surface area is 90.0 Å². The first-order valence-electron chi connectivity index (χ1n) is 5.67. The van der Waals surface area contributed by atoms with E-state index in [9.17, 15) is 9.59 Å². The first kappa shape index (κ1) is 12.0. The van der Waals surface area contributed by atoms with Crippen molar-refractivity contribution >= 4 is 11.9 Å². The van der Waals surface area contributed by atoms with Crippen molar-refractivity contribution in [3.63, 3.8) is 0 Å². The van der Waals surface area contributed by atoms with Crippen molar-refractivity contribution in [3.05, 3.63) is 0 Å². The van der Waals surface area contributed by atoms with Crippen molar-refractivity contribution in [2.45, 2.75) is 44.9 Å². The second-order valence-corrected chi connectivity index (χ2v) is 4.20. The molecule has 0 spiro atoms. The molecular weight excluding hydrogens is 194 g/mol. The fourth-order valence-corrected chi connectivity index (χ4v) is 1.46. The minimum Gasteiger partial charge on any atom is -0.481 e. The molecule has 0 aromatic carbocycles. The van der Waals surface area contributed by atoms with E-state index in [1.54, 1.807) is 0 Å². The van der Waals surface area contributed by atoms with Gasteiger partial charge in [0.2, 0.25) is 5.91 Å². The van der Waals surface area contributed by atoms with Crippen molar-refractivity contribution in [2.24, 2.45) is 5.92 Å². The molecule has 0 bridgehead atoms. The molecule has 0 unspecified atom stereocenters. The standard InChI is InChI=1S/C11H19NO3/c13-10(8-9-5-6-9)12-7-3-1-2-4-11(14)15/h9H,1-8H2,(H,12,13)(H,14,15). The number of rotatable bonds is 8. The minimum atomic E-state index is -0.743. The molecule has 0 aliphatic heterocycles. The Hall–Kier alpha value is -1.06. The van der Waals surface area contributed by atoms with Crippen LogP contribution >= 0.6 is 0 Å². The van der Waals surface area contributed by atoms with Crippen molar-refractivity contribution in [2.75, 3.05) is 6.54 Å². The number of aliphatic carboxylic acids is 1. The highest BCUT2D eigenvalue weighted by Crippen LogP contribution is 2.31. The van der Waals surface area contributed by atoms with Crippen molar-refractivity contribution in [1.29, 1.82) is 0 Å². The summed E-state index contributed by atoms with van der Waals surface area (Å²) in [6.07, 6.45) is 5.76. The van der Waals surface area contributed by atoms with Gasteiger partial charge in [0.05, 0.1) is 0 Å². The highest BCUT2D eigenvalue weighted by Gasteiger charge is 2.23. The van der Waals surface area contributed by atoms with E-state index >= 15 is 0 Å². The van der Waals surface area contributed by atoms with Gasteiger partial charge >= 0.3 is 5.97 Å². The third-order valence-corrected chi connectivity index (χ3v) is 2.56. The Kier molecular flexibility index (Phi) is 5.15. The van der Waals surface area contributed by atoms with E-state index in [1.807, 2.05) is 0 Å². The molecule has 1 rings (SSSR count). The molecule has 4 nitrogen and oxygen atoms in total. The van der Waals surface area contributed by atoms with E-state index in [-0.39, 0.29) is 12.3 Å². The SMILES string of the molecule is O=C(O)CCCCCNC(=O)CC1CC1. The van der Waals surface area contributed by atoms with Crippen LogP contribution in [-0.2, 0) is 9.59 Å². The zero-order valence-corrected chi connectivity index (χ0v) is 9.00. The third kappa shape index (κ3) is 6.94. The Morgan fingerprint density at radius 1 is 1.20 bits per heavy atom. The Morgan fingerprint density at radius 2 is 1.93 bits per heavy atom. The largest absolute Gasteiger partial charge is 0.481 e. The lowest BCUT2D eigenvalue weighted by Crippen LogP contribution is -2.24. The fourth-order valence-electron chi connectivity index (χ4n) is 1.46. The van der Waals surface area contributed by atoms with E-state index in [4.69, 9.17) is 5.11 Å². The van der Waals surface area contributed by atoms with Gasteiger partial charge in [0.25, 0.3) is 0 Å². The predicted molar refractivity (Wildman–Crippen MR) is 56.5 cm³/mol. The summed E-state index contributed by atoms with van der Waals surface area (Å²) in [5.41, 5.74) is 0. The lowest BCUT2D eigenvalue weighted by atomic mass is 10.2. The zero-order valence-electron chi connectivity index (χ0n) is 9.00. The number of amides is 1. The van der Waals surface area contributed by atoms with E-state index in [0.29, 0.717) is 25.3 Å². The molecule has 0 radical (unpaired) electrons. The molecule has 4 heteroatoms. The van der Waals surface area contributed by atoms with Crippen LogP contribution in [0.15, 0.2) is 0 Å². The number of carboxylic acids is 1. The summed E-state index contributed by atoms with van der Waals surface area (Å²) in [7, 11) is 0. The lowest BCUT2D eigenvalue weighted by molar-refractivity contribution is -0.137. The number of hydrogen-bond donors (Lipinski definition) is 2. The van der Waals surface area contributed by atoms with Gasteiger partial charge in [0.15, 0.2) is 0 Å². The van der Waals surface area contributed by atoms with Crippen molar-refractivity contribution in [1.82, 2.24) is 5.32 Å². The maximum atomic E-state index is 11.2. The Balaban J connectivity index is 1.83. The average Bonchev–Trinajstić information content (AvgIpc) is 2.94. The summed E-state index contributed by atoms with van der Waals surface area (Å²) >= 11 is 0. The second-order valence-electron chi connectivity index (χ2n) is 4.20. The van der Waals surface area contributed by atoms with Crippen LogP contribution < -0.4 is 5.32 Å². The molecule has 0 heterocycles. The topological polar surface area (TPSA) is 66.4 Å². The number of nitrogens with one attached hydrogen (secondary N) is 1. The van der Waals surface area contributed by atoms with Gasteiger partial charge in [0.1, 0.15) is 0 Å². The second kappa shape index (κ2) is 6.43. The summed E-state index contributed by atoms with van der Waals surface area (Å²) in [6.45, 7) is 0.686. The molecule has 0 atom stereocenters. The quantitative estimate of drug-likeness (QED) is 0.601. The van der Waals surface area contributed by atoms with Crippen LogP contribution in [0, 0.1) is 5.92 Å². The third-order valence-electron chi connectivity index (χ3n) is 2.56. The van der Waals surface area contributed by atoms with Gasteiger partial charge in [-0.3, -0.25) is 9.59 Å². The monoisotopic (exact) mass is 213 g/mol. The molecule has 0 aromatic rings. The van der Waals surface area contributed by atoms with Crippen molar-refractivity contribution < 1.29 is 14.7 Å². The van der Waals surface area contributed by atoms with Crippen LogP contribution in [0.1, 0.15) is 44.9 Å². The number of hydrogen-bond acceptors (Lipinski definition) is 2. The molecule has 0 saturated heterocycles. The van der Waals surface area contributed by atoms with Crippen LogP contribution in [0.2, 0.25) is 0 Å². The molecule has 1 amide bonds. The van der Waals surface area contributed by atoms with Crippen LogP contribution in [0.4, 0.5) is 0 Å². The fraction of sp³-hybridized carbons (Fsp3) is 0.818. The van der Waals surface area contributed by atoms with Gasteiger partial charge in [-0.15, -0.1) is 0 Å². The number of unbranched alkanes of at least 4 members (excludes halogenated alkanes) is 2. The minimum absolute atomic E-state index is 0.149. The normalized spacial score (nSPS) is 14.9. The Morgan fingerprint density at radius 3 is 2.53 bits per heavy atom. The number of carbonyl (C=O) groups is 2. The molecule has 2 N–H and O–H groups in total. The smallest absolute Gasteiger partial charge is 0.303 e. The molecule has 15 heavy (non-hydrogen) atoms. The van der Waals surface area contributed by atoms with Gasteiger partial charge in [-0.1, -0.05) is 6.42 Å². The van der Waals surface area contributed by atoms with Crippen LogP contribution in [0.5, 0.6) is 0 Å². The molecule has 1 saturated carbocycles. The molecular formula is C11H19NO3. The number of carbonyl (C=O) groups excluding carboxylic acids is 1. The molecule has 86 valence electrons. The van der Waals surface area contributed by atoms with Gasteiger partial charge < -0.3 is 10.4 Å². The lowest BCUT2D eigenvalue weighted by Gasteiger charge is -2.03. The molecule has 0 aromatic heterocycles. The van der Waals surface area contributed by atoms with E-state index < -0.39 is 5.97 Å². The molecule has 1 aliphatic carbocycles. The first-order chi connectivity index (χ1) is 7.18. The van der Waals surface area contributed by atoms with Crippen LogP contribution in [0.25, 0.3) is 0 Å². The van der Waals surface area contributed by atoms with Gasteiger partial charge in [-0.05, 0) is 31.6 Å². The summed E-state index contributed by atoms with van der Waals surface area (Å²) in [5, 5.41) is 11.3. The maximum absolute atomic E-state index is 11.2. The van der Waals surface area contributed by atoms with E-state index in [0.717, 1.165) is 12.8 Å². The van der Waals surface area contributed by atoms with Crippen LogP contribution in [0.3, 0.4) is 0 Å². The van der Waals surface area contributed by atoms with E-state index in [1.165, 1.54) is 12.8 Å². The van der Waals surface area contributed by atoms with E-state index in [2.05, 4.69) is 5.32 Å².